The molecule has 0 bridgehead atoms. The van der Waals surface area contributed by atoms with Gasteiger partial charge in [-0.05, 0) is 19.9 Å². The Kier molecular flexibility index (Phi) is 7.48. The van der Waals surface area contributed by atoms with Crippen LogP contribution in [0.1, 0.15) is 24.5 Å². The molecule has 1 aromatic carbocycles. The maximum absolute atomic E-state index is 9.24. The normalized spacial score (nSPS) is 12.4. The number of rotatable bonds is 9. The molecule has 1 atom stereocenters. The van der Waals surface area contributed by atoms with Gasteiger partial charge in [-0.2, -0.15) is 0 Å². The van der Waals surface area contributed by atoms with Crippen molar-refractivity contribution in [1.29, 1.82) is 0 Å². The lowest BCUT2D eigenvalue weighted by atomic mass is 10.1. The van der Waals surface area contributed by atoms with E-state index in [4.69, 9.17) is 9.47 Å². The summed E-state index contributed by atoms with van der Waals surface area (Å²) in [5, 5.41) is 12.6. The van der Waals surface area contributed by atoms with E-state index in [9.17, 15) is 5.11 Å². The lowest BCUT2D eigenvalue weighted by Crippen LogP contribution is -2.19. The third-order valence-electron chi connectivity index (χ3n) is 2.81. The first-order valence-electron chi connectivity index (χ1n) is 6.73. The van der Waals surface area contributed by atoms with Gasteiger partial charge in [-0.3, -0.25) is 0 Å². The number of benzene rings is 1. The molecule has 0 amide bonds. The topological polar surface area (TPSA) is 50.7 Å². The fraction of sp³-hybridized carbons (Fsp3) is 0.600. The number of aryl methyl sites for hydroxylation is 1. The molecule has 1 aromatic rings. The largest absolute Gasteiger partial charge is 0.493 e. The predicted octanol–water partition coefficient (Wildman–Crippen LogP) is 1.88. The number of aliphatic hydroxyl groups is 1. The van der Waals surface area contributed by atoms with E-state index in [1.54, 1.807) is 14.0 Å². The molecular formula is C15H25NO3. The molecule has 0 aliphatic carbocycles. The van der Waals surface area contributed by atoms with Crippen LogP contribution in [0, 0.1) is 6.92 Å². The Bertz CT molecular complexity index is 366. The molecule has 4 heteroatoms. The predicted molar refractivity (Wildman–Crippen MR) is 76.6 cm³/mol. The van der Waals surface area contributed by atoms with Crippen molar-refractivity contribution in [3.63, 3.8) is 0 Å². The number of hydrogen-bond acceptors (Lipinski definition) is 4. The van der Waals surface area contributed by atoms with Crippen molar-refractivity contribution in [2.75, 3.05) is 26.9 Å². The second kappa shape index (κ2) is 8.91. The van der Waals surface area contributed by atoms with E-state index in [2.05, 4.69) is 18.3 Å². The molecule has 0 radical (unpaired) electrons. The highest BCUT2D eigenvalue weighted by Gasteiger charge is 2.05. The summed E-state index contributed by atoms with van der Waals surface area (Å²) < 4.78 is 10.7. The molecule has 1 unspecified atom stereocenters. The van der Waals surface area contributed by atoms with Gasteiger partial charge in [0.05, 0.1) is 19.3 Å². The zero-order chi connectivity index (χ0) is 14.1. The van der Waals surface area contributed by atoms with Crippen LogP contribution in [0.25, 0.3) is 0 Å². The van der Waals surface area contributed by atoms with Gasteiger partial charge in [0.2, 0.25) is 0 Å². The molecule has 0 heterocycles. The van der Waals surface area contributed by atoms with Gasteiger partial charge in [0.15, 0.2) is 0 Å². The Balaban J connectivity index is 2.53. The van der Waals surface area contributed by atoms with Crippen LogP contribution in [0.5, 0.6) is 5.75 Å². The zero-order valence-corrected chi connectivity index (χ0v) is 12.1. The maximum atomic E-state index is 9.24. The van der Waals surface area contributed by atoms with E-state index >= 15 is 0 Å². The Morgan fingerprint density at radius 3 is 2.79 bits per heavy atom. The summed E-state index contributed by atoms with van der Waals surface area (Å²) in [5.74, 6) is 0.885. The zero-order valence-electron chi connectivity index (χ0n) is 12.1. The molecule has 0 saturated heterocycles. The average molecular weight is 267 g/mol. The summed E-state index contributed by atoms with van der Waals surface area (Å²) in [6.07, 6.45) is 0.318. The van der Waals surface area contributed by atoms with Crippen LogP contribution in [0.15, 0.2) is 18.2 Å². The molecule has 1 rings (SSSR count). The van der Waals surface area contributed by atoms with Crippen LogP contribution >= 0.6 is 0 Å². The van der Waals surface area contributed by atoms with Crippen LogP contribution in [-0.2, 0) is 11.3 Å². The quantitative estimate of drug-likeness (QED) is 0.671. The van der Waals surface area contributed by atoms with Crippen molar-refractivity contribution in [3.05, 3.63) is 29.3 Å². The third-order valence-corrected chi connectivity index (χ3v) is 2.81. The molecule has 19 heavy (non-hydrogen) atoms. The minimum atomic E-state index is -0.325. The maximum Gasteiger partial charge on any atom is 0.123 e. The highest BCUT2D eigenvalue weighted by atomic mass is 16.5. The van der Waals surface area contributed by atoms with Gasteiger partial charge in [-0.25, -0.2) is 0 Å². The summed E-state index contributed by atoms with van der Waals surface area (Å²) in [4.78, 5) is 0. The van der Waals surface area contributed by atoms with Crippen molar-refractivity contribution in [3.8, 4) is 5.75 Å². The van der Waals surface area contributed by atoms with Crippen LogP contribution in [0.2, 0.25) is 0 Å². The SMILES string of the molecule is COCCNCc1cc(C)ccc1OCCC(C)O. The Morgan fingerprint density at radius 2 is 2.11 bits per heavy atom. The van der Waals surface area contributed by atoms with Crippen LogP contribution in [0.4, 0.5) is 0 Å². The van der Waals surface area contributed by atoms with E-state index < -0.39 is 0 Å². The number of ether oxygens (including phenoxy) is 2. The van der Waals surface area contributed by atoms with Crippen LogP contribution in [0.3, 0.4) is 0 Å². The van der Waals surface area contributed by atoms with E-state index in [1.807, 2.05) is 12.1 Å². The highest BCUT2D eigenvalue weighted by Crippen LogP contribution is 2.20. The second-order valence-electron chi connectivity index (χ2n) is 4.77. The molecule has 2 N–H and O–H groups in total. The van der Waals surface area contributed by atoms with E-state index in [0.29, 0.717) is 19.6 Å². The summed E-state index contributed by atoms with van der Waals surface area (Å²) >= 11 is 0. The van der Waals surface area contributed by atoms with Gasteiger partial charge >= 0.3 is 0 Å². The molecule has 108 valence electrons. The van der Waals surface area contributed by atoms with Gasteiger partial charge in [-0.1, -0.05) is 17.7 Å². The van der Waals surface area contributed by atoms with E-state index in [1.165, 1.54) is 5.56 Å². The minimum Gasteiger partial charge on any atom is -0.493 e. The number of nitrogens with one attached hydrogen (secondary N) is 1. The third kappa shape index (κ3) is 6.57. The average Bonchev–Trinajstić information content (AvgIpc) is 2.36. The van der Waals surface area contributed by atoms with E-state index in [0.717, 1.165) is 24.4 Å². The highest BCUT2D eigenvalue weighted by molar-refractivity contribution is 5.36. The van der Waals surface area contributed by atoms with Crippen molar-refractivity contribution in [2.45, 2.75) is 32.9 Å². The second-order valence-corrected chi connectivity index (χ2v) is 4.77. The molecule has 0 saturated carbocycles. The first-order valence-corrected chi connectivity index (χ1v) is 6.73. The number of hydrogen-bond donors (Lipinski definition) is 2. The van der Waals surface area contributed by atoms with Crippen molar-refractivity contribution < 1.29 is 14.6 Å². The van der Waals surface area contributed by atoms with Gasteiger partial charge in [-0.15, -0.1) is 0 Å². The van der Waals surface area contributed by atoms with Gasteiger partial charge in [0.1, 0.15) is 5.75 Å². The Labute approximate surface area is 115 Å². The lowest BCUT2D eigenvalue weighted by Gasteiger charge is -2.13. The summed E-state index contributed by atoms with van der Waals surface area (Å²) in [7, 11) is 1.69. The molecule has 0 aliphatic rings. The van der Waals surface area contributed by atoms with Gasteiger partial charge < -0.3 is 19.9 Å². The molecule has 0 spiro atoms. The lowest BCUT2D eigenvalue weighted by molar-refractivity contribution is 0.155. The summed E-state index contributed by atoms with van der Waals surface area (Å²) in [5.41, 5.74) is 2.35. The van der Waals surface area contributed by atoms with Crippen molar-refractivity contribution in [1.82, 2.24) is 5.32 Å². The standard InChI is InChI=1S/C15H25NO3/c1-12-4-5-15(19-8-6-13(2)17)14(10-12)11-16-7-9-18-3/h4-5,10,13,16-17H,6-9,11H2,1-3H3. The molecule has 0 fully saturated rings. The molecule has 0 aromatic heterocycles. The van der Waals surface area contributed by atoms with Crippen molar-refractivity contribution >= 4 is 0 Å². The number of methoxy groups -OCH3 is 1. The smallest absolute Gasteiger partial charge is 0.123 e. The van der Waals surface area contributed by atoms with Crippen LogP contribution < -0.4 is 10.1 Å². The molecule has 0 aliphatic heterocycles. The van der Waals surface area contributed by atoms with Crippen LogP contribution in [-0.4, -0.2) is 38.1 Å². The Morgan fingerprint density at radius 1 is 1.32 bits per heavy atom. The monoisotopic (exact) mass is 267 g/mol. The first kappa shape index (κ1) is 16.0. The minimum absolute atomic E-state index is 0.325. The van der Waals surface area contributed by atoms with E-state index in [-0.39, 0.29) is 6.10 Å². The first-order chi connectivity index (χ1) is 9.13. The van der Waals surface area contributed by atoms with Crippen molar-refractivity contribution in [2.24, 2.45) is 0 Å². The Hall–Kier alpha value is -1.10. The number of aliphatic hydroxyl groups excluding tert-OH is 1. The van der Waals surface area contributed by atoms with Gasteiger partial charge in [0.25, 0.3) is 0 Å². The fourth-order valence-corrected chi connectivity index (χ4v) is 1.72. The molecular weight excluding hydrogens is 242 g/mol. The molecule has 4 nitrogen and oxygen atoms in total. The fourth-order valence-electron chi connectivity index (χ4n) is 1.72. The summed E-state index contributed by atoms with van der Waals surface area (Å²) in [6.45, 7) is 6.65. The summed E-state index contributed by atoms with van der Waals surface area (Å²) in [6, 6.07) is 6.15. The van der Waals surface area contributed by atoms with Gasteiger partial charge in [0, 0.05) is 32.2 Å².